The molecule has 2 heterocycles. The van der Waals surface area contributed by atoms with Crippen LogP contribution in [0.25, 0.3) is 0 Å². The van der Waals surface area contributed by atoms with Crippen LogP contribution in [0.15, 0.2) is 12.1 Å². The molecular weight excluding hydrogens is 262 g/mol. The van der Waals surface area contributed by atoms with E-state index in [0.717, 1.165) is 49.7 Å². The molecule has 1 aromatic heterocycles. The SMILES string of the molecule is Cc1ccc(C(=O)N2CCN(CCCl)CC2)c(C)n1. The summed E-state index contributed by atoms with van der Waals surface area (Å²) in [6, 6.07) is 3.77. The van der Waals surface area contributed by atoms with Crippen LogP contribution >= 0.6 is 11.6 Å². The molecule has 0 bridgehead atoms. The first-order chi connectivity index (χ1) is 9.11. The average Bonchev–Trinajstić information content (AvgIpc) is 2.39. The first kappa shape index (κ1) is 14.3. The minimum atomic E-state index is 0.0931. The van der Waals surface area contributed by atoms with Crippen LogP contribution in [0.1, 0.15) is 21.7 Å². The summed E-state index contributed by atoms with van der Waals surface area (Å²) in [6.45, 7) is 8.06. The highest BCUT2D eigenvalue weighted by atomic mass is 35.5. The molecule has 1 aliphatic heterocycles. The lowest BCUT2D eigenvalue weighted by Gasteiger charge is -2.34. The second-order valence-corrected chi connectivity index (χ2v) is 5.29. The van der Waals surface area contributed by atoms with Crippen LogP contribution in [-0.2, 0) is 0 Å². The summed E-state index contributed by atoms with van der Waals surface area (Å²) in [7, 11) is 0. The van der Waals surface area contributed by atoms with E-state index in [0.29, 0.717) is 5.88 Å². The number of piperazine rings is 1. The van der Waals surface area contributed by atoms with Gasteiger partial charge < -0.3 is 4.90 Å². The molecule has 4 nitrogen and oxygen atoms in total. The van der Waals surface area contributed by atoms with Crippen LogP contribution in [0.3, 0.4) is 0 Å². The summed E-state index contributed by atoms with van der Waals surface area (Å²) in [4.78, 5) is 21.0. The van der Waals surface area contributed by atoms with Crippen molar-refractivity contribution in [3.8, 4) is 0 Å². The Morgan fingerprint density at radius 2 is 1.95 bits per heavy atom. The Labute approximate surface area is 119 Å². The molecule has 0 aliphatic carbocycles. The van der Waals surface area contributed by atoms with Gasteiger partial charge in [0.2, 0.25) is 0 Å². The maximum Gasteiger partial charge on any atom is 0.255 e. The van der Waals surface area contributed by atoms with E-state index in [4.69, 9.17) is 11.6 Å². The molecule has 1 aromatic rings. The number of carbonyl (C=O) groups excluding carboxylic acids is 1. The molecule has 0 aromatic carbocycles. The van der Waals surface area contributed by atoms with Gasteiger partial charge in [-0.15, -0.1) is 11.6 Å². The van der Waals surface area contributed by atoms with Crippen molar-refractivity contribution in [3.63, 3.8) is 0 Å². The molecule has 1 amide bonds. The highest BCUT2D eigenvalue weighted by molar-refractivity contribution is 6.18. The van der Waals surface area contributed by atoms with Gasteiger partial charge in [-0.25, -0.2) is 0 Å². The monoisotopic (exact) mass is 281 g/mol. The molecule has 0 radical (unpaired) electrons. The number of aryl methyl sites for hydroxylation is 2. The Morgan fingerprint density at radius 1 is 1.26 bits per heavy atom. The minimum absolute atomic E-state index is 0.0931. The number of halogens is 1. The van der Waals surface area contributed by atoms with E-state index in [1.54, 1.807) is 0 Å². The molecule has 0 N–H and O–H groups in total. The zero-order valence-corrected chi connectivity index (χ0v) is 12.3. The van der Waals surface area contributed by atoms with Gasteiger partial charge in [0, 0.05) is 44.3 Å². The van der Waals surface area contributed by atoms with Crippen LogP contribution in [0.4, 0.5) is 0 Å². The highest BCUT2D eigenvalue weighted by Crippen LogP contribution is 2.12. The first-order valence-corrected chi connectivity index (χ1v) is 7.17. The molecule has 1 fully saturated rings. The van der Waals surface area contributed by atoms with Crippen LogP contribution in [0, 0.1) is 13.8 Å². The number of amides is 1. The molecule has 1 saturated heterocycles. The maximum absolute atomic E-state index is 12.4. The van der Waals surface area contributed by atoms with Gasteiger partial charge in [0.25, 0.3) is 5.91 Å². The zero-order chi connectivity index (χ0) is 13.8. The smallest absolute Gasteiger partial charge is 0.255 e. The Bertz CT molecular complexity index is 456. The summed E-state index contributed by atoms with van der Waals surface area (Å²) < 4.78 is 0. The molecule has 0 unspecified atom stereocenters. The van der Waals surface area contributed by atoms with Crippen LogP contribution < -0.4 is 0 Å². The zero-order valence-electron chi connectivity index (χ0n) is 11.5. The van der Waals surface area contributed by atoms with Crippen molar-refractivity contribution in [1.29, 1.82) is 0 Å². The summed E-state index contributed by atoms with van der Waals surface area (Å²) in [5, 5.41) is 0. The van der Waals surface area contributed by atoms with Gasteiger partial charge in [0.15, 0.2) is 0 Å². The van der Waals surface area contributed by atoms with Gasteiger partial charge in [-0.3, -0.25) is 14.7 Å². The van der Waals surface area contributed by atoms with Crippen molar-refractivity contribution < 1.29 is 4.79 Å². The van der Waals surface area contributed by atoms with E-state index in [9.17, 15) is 4.79 Å². The third-order valence-electron chi connectivity index (χ3n) is 3.52. The van der Waals surface area contributed by atoms with Gasteiger partial charge in [0.05, 0.1) is 11.3 Å². The van der Waals surface area contributed by atoms with E-state index < -0.39 is 0 Å². The van der Waals surface area contributed by atoms with Gasteiger partial charge in [-0.05, 0) is 26.0 Å². The lowest BCUT2D eigenvalue weighted by atomic mass is 10.1. The summed E-state index contributed by atoms with van der Waals surface area (Å²) in [5.41, 5.74) is 2.48. The van der Waals surface area contributed by atoms with E-state index in [2.05, 4.69) is 9.88 Å². The van der Waals surface area contributed by atoms with E-state index in [-0.39, 0.29) is 5.91 Å². The van der Waals surface area contributed by atoms with Crippen molar-refractivity contribution in [2.24, 2.45) is 0 Å². The van der Waals surface area contributed by atoms with Crippen molar-refractivity contribution >= 4 is 17.5 Å². The van der Waals surface area contributed by atoms with Gasteiger partial charge >= 0.3 is 0 Å². The lowest BCUT2D eigenvalue weighted by molar-refractivity contribution is 0.0643. The minimum Gasteiger partial charge on any atom is -0.336 e. The second kappa shape index (κ2) is 6.35. The Kier molecular flexibility index (Phi) is 4.77. The Hall–Kier alpha value is -1.13. The van der Waals surface area contributed by atoms with Crippen molar-refractivity contribution in [2.45, 2.75) is 13.8 Å². The fourth-order valence-corrected chi connectivity index (χ4v) is 2.62. The van der Waals surface area contributed by atoms with Gasteiger partial charge in [0.1, 0.15) is 0 Å². The molecule has 5 heteroatoms. The molecule has 104 valence electrons. The number of rotatable bonds is 3. The summed E-state index contributed by atoms with van der Waals surface area (Å²) >= 11 is 5.73. The standard InChI is InChI=1S/C14H20ClN3O/c1-11-3-4-13(12(2)16-11)14(19)18-9-7-17(6-5-15)8-10-18/h3-4H,5-10H2,1-2H3. The number of pyridine rings is 1. The fraction of sp³-hybridized carbons (Fsp3) is 0.571. The van der Waals surface area contributed by atoms with Crippen LogP contribution in [-0.4, -0.2) is 59.3 Å². The molecule has 2 rings (SSSR count). The number of carbonyl (C=O) groups is 1. The Morgan fingerprint density at radius 3 is 2.53 bits per heavy atom. The predicted molar refractivity (Wildman–Crippen MR) is 76.8 cm³/mol. The molecule has 0 spiro atoms. The largest absolute Gasteiger partial charge is 0.336 e. The number of hydrogen-bond acceptors (Lipinski definition) is 3. The first-order valence-electron chi connectivity index (χ1n) is 6.63. The molecular formula is C14H20ClN3O. The van der Waals surface area contributed by atoms with Gasteiger partial charge in [-0.2, -0.15) is 0 Å². The van der Waals surface area contributed by atoms with Gasteiger partial charge in [-0.1, -0.05) is 0 Å². The molecule has 19 heavy (non-hydrogen) atoms. The summed E-state index contributed by atoms with van der Waals surface area (Å²) in [5.74, 6) is 0.741. The predicted octanol–water partition coefficient (Wildman–Crippen LogP) is 1.70. The van der Waals surface area contributed by atoms with Crippen molar-refractivity contribution in [3.05, 3.63) is 29.1 Å². The third-order valence-corrected chi connectivity index (χ3v) is 3.68. The Balaban J connectivity index is 2.01. The molecule has 0 saturated carbocycles. The van der Waals surface area contributed by atoms with E-state index in [1.807, 2.05) is 30.9 Å². The highest BCUT2D eigenvalue weighted by Gasteiger charge is 2.23. The molecule has 0 atom stereocenters. The number of nitrogens with zero attached hydrogens (tertiary/aromatic N) is 3. The maximum atomic E-state index is 12.4. The van der Waals surface area contributed by atoms with Crippen molar-refractivity contribution in [1.82, 2.24) is 14.8 Å². The number of hydrogen-bond donors (Lipinski definition) is 0. The van der Waals surface area contributed by atoms with Crippen LogP contribution in [0.5, 0.6) is 0 Å². The van der Waals surface area contributed by atoms with Crippen molar-refractivity contribution in [2.75, 3.05) is 38.6 Å². The average molecular weight is 282 g/mol. The number of aromatic nitrogens is 1. The summed E-state index contributed by atoms with van der Waals surface area (Å²) in [6.07, 6.45) is 0. The third kappa shape index (κ3) is 3.45. The number of alkyl halides is 1. The quantitative estimate of drug-likeness (QED) is 0.791. The van der Waals surface area contributed by atoms with E-state index in [1.165, 1.54) is 0 Å². The second-order valence-electron chi connectivity index (χ2n) is 4.91. The fourth-order valence-electron chi connectivity index (χ4n) is 2.38. The van der Waals surface area contributed by atoms with Crippen LogP contribution in [0.2, 0.25) is 0 Å². The normalized spacial score (nSPS) is 16.7. The van der Waals surface area contributed by atoms with E-state index >= 15 is 0 Å². The molecule has 1 aliphatic rings. The lowest BCUT2D eigenvalue weighted by Crippen LogP contribution is -2.49. The topological polar surface area (TPSA) is 36.4 Å².